The van der Waals surface area contributed by atoms with Crippen molar-refractivity contribution in [3.8, 4) is 17.0 Å². The van der Waals surface area contributed by atoms with Gasteiger partial charge in [0.2, 0.25) is 0 Å². The van der Waals surface area contributed by atoms with Crippen molar-refractivity contribution in [3.63, 3.8) is 0 Å². The number of nitrogens with one attached hydrogen (secondary N) is 1. The molecule has 3 aromatic carbocycles. The second-order valence-corrected chi connectivity index (χ2v) is 9.08. The number of anilines is 1. The first-order chi connectivity index (χ1) is 14.9. The van der Waals surface area contributed by atoms with E-state index >= 15 is 0 Å². The molecule has 1 aliphatic rings. The van der Waals surface area contributed by atoms with Crippen molar-refractivity contribution in [3.05, 3.63) is 77.2 Å². The highest BCUT2D eigenvalue weighted by Gasteiger charge is 2.32. The van der Waals surface area contributed by atoms with Crippen LogP contribution in [-0.2, 0) is 0 Å². The van der Waals surface area contributed by atoms with E-state index < -0.39 is 5.60 Å². The highest BCUT2D eigenvalue weighted by atomic mass is 32.1. The Balaban J connectivity index is 1.36. The van der Waals surface area contributed by atoms with Gasteiger partial charge in [0.15, 0.2) is 10.9 Å². The van der Waals surface area contributed by atoms with E-state index in [1.54, 1.807) is 18.2 Å². The van der Waals surface area contributed by atoms with Gasteiger partial charge in [0.25, 0.3) is 5.91 Å². The van der Waals surface area contributed by atoms with E-state index in [0.717, 1.165) is 16.6 Å². The molecule has 1 aromatic heterocycles. The molecule has 0 bridgehead atoms. The van der Waals surface area contributed by atoms with Crippen molar-refractivity contribution in [2.45, 2.75) is 25.9 Å². The zero-order valence-electron chi connectivity index (χ0n) is 17.1. The van der Waals surface area contributed by atoms with Gasteiger partial charge in [-0.2, -0.15) is 0 Å². The molecule has 0 atom stereocenters. The Morgan fingerprint density at radius 1 is 1.06 bits per heavy atom. The number of Topliss-reactive ketones (excluding diaryl/α,β-unsaturated/α-hetero) is 1. The van der Waals surface area contributed by atoms with E-state index in [-0.39, 0.29) is 18.1 Å². The highest BCUT2D eigenvalue weighted by molar-refractivity contribution is 7.14. The molecule has 0 fully saturated rings. The first kappa shape index (κ1) is 19.5. The van der Waals surface area contributed by atoms with Crippen molar-refractivity contribution in [1.82, 2.24) is 4.98 Å². The molecule has 0 radical (unpaired) electrons. The number of hydrogen-bond donors (Lipinski definition) is 1. The number of carbonyl (C=O) groups is 2. The lowest BCUT2D eigenvalue weighted by Crippen LogP contribution is -2.36. The number of hydrogen-bond acceptors (Lipinski definition) is 5. The Labute approximate surface area is 183 Å². The third kappa shape index (κ3) is 3.82. The van der Waals surface area contributed by atoms with Crippen LogP contribution in [-0.4, -0.2) is 22.3 Å². The predicted molar refractivity (Wildman–Crippen MR) is 123 cm³/mol. The number of fused-ring (bicyclic) bond motifs is 2. The molecule has 4 aromatic rings. The van der Waals surface area contributed by atoms with Gasteiger partial charge in [0, 0.05) is 16.5 Å². The molecule has 0 aliphatic carbocycles. The summed E-state index contributed by atoms with van der Waals surface area (Å²) >= 11 is 1.37. The van der Waals surface area contributed by atoms with E-state index in [0.29, 0.717) is 22.0 Å². The maximum Gasteiger partial charge on any atom is 0.257 e. The van der Waals surface area contributed by atoms with Crippen LogP contribution in [0.4, 0.5) is 5.13 Å². The van der Waals surface area contributed by atoms with Crippen molar-refractivity contribution in [2.75, 3.05) is 5.32 Å². The minimum atomic E-state index is -0.534. The average Bonchev–Trinajstić information content (AvgIpc) is 3.21. The SMILES string of the molecule is CC1(C)CC(=O)c2cc(C(=O)Nc3nc(-c4ccc5ccccc5c4)cs3)ccc2O1. The van der Waals surface area contributed by atoms with Crippen LogP contribution < -0.4 is 10.1 Å². The minimum Gasteiger partial charge on any atom is -0.487 e. The molecule has 2 heterocycles. The van der Waals surface area contributed by atoms with E-state index in [9.17, 15) is 9.59 Å². The fourth-order valence-corrected chi connectivity index (χ4v) is 4.49. The summed E-state index contributed by atoms with van der Waals surface area (Å²) in [5, 5.41) is 7.58. The summed E-state index contributed by atoms with van der Waals surface area (Å²) < 4.78 is 5.86. The fourth-order valence-electron chi connectivity index (χ4n) is 3.78. The fraction of sp³-hybridized carbons (Fsp3) is 0.160. The van der Waals surface area contributed by atoms with Gasteiger partial charge in [-0.3, -0.25) is 14.9 Å². The molecule has 1 aliphatic heterocycles. The Hall–Kier alpha value is -3.51. The summed E-state index contributed by atoms with van der Waals surface area (Å²) in [5.41, 5.74) is 2.12. The van der Waals surface area contributed by atoms with Crippen molar-refractivity contribution >= 4 is 38.9 Å². The molecule has 5 rings (SSSR count). The monoisotopic (exact) mass is 428 g/mol. The van der Waals surface area contributed by atoms with Crippen LogP contribution in [0.5, 0.6) is 5.75 Å². The lowest BCUT2D eigenvalue weighted by Gasteiger charge is -2.31. The third-order valence-electron chi connectivity index (χ3n) is 5.28. The molecule has 1 N–H and O–H groups in total. The second-order valence-electron chi connectivity index (χ2n) is 8.23. The third-order valence-corrected chi connectivity index (χ3v) is 6.04. The smallest absolute Gasteiger partial charge is 0.257 e. The first-order valence-electron chi connectivity index (χ1n) is 10.0. The van der Waals surface area contributed by atoms with Gasteiger partial charge in [0.1, 0.15) is 11.4 Å². The Morgan fingerprint density at radius 3 is 2.71 bits per heavy atom. The number of ether oxygens (including phenoxy) is 1. The summed E-state index contributed by atoms with van der Waals surface area (Å²) in [4.78, 5) is 29.8. The number of thiazole rings is 1. The van der Waals surface area contributed by atoms with Gasteiger partial charge in [-0.1, -0.05) is 36.4 Å². The van der Waals surface area contributed by atoms with Gasteiger partial charge in [-0.15, -0.1) is 11.3 Å². The van der Waals surface area contributed by atoms with Crippen LogP contribution in [0.3, 0.4) is 0 Å². The van der Waals surface area contributed by atoms with Gasteiger partial charge < -0.3 is 4.74 Å². The lowest BCUT2D eigenvalue weighted by molar-refractivity contribution is 0.0620. The van der Waals surface area contributed by atoms with Crippen molar-refractivity contribution < 1.29 is 14.3 Å². The molecule has 0 saturated carbocycles. The Kier molecular flexibility index (Phi) is 4.59. The molecule has 0 saturated heterocycles. The summed E-state index contributed by atoms with van der Waals surface area (Å²) in [7, 11) is 0. The zero-order chi connectivity index (χ0) is 21.6. The van der Waals surface area contributed by atoms with Gasteiger partial charge in [0.05, 0.1) is 17.7 Å². The van der Waals surface area contributed by atoms with Crippen LogP contribution in [0.15, 0.2) is 66.0 Å². The van der Waals surface area contributed by atoms with E-state index in [1.165, 1.54) is 16.7 Å². The number of aromatic nitrogens is 1. The second kappa shape index (κ2) is 7.32. The Morgan fingerprint density at radius 2 is 1.87 bits per heavy atom. The minimum absolute atomic E-state index is 0.0197. The van der Waals surface area contributed by atoms with Gasteiger partial charge in [-0.05, 0) is 48.9 Å². The van der Waals surface area contributed by atoms with E-state index in [2.05, 4.69) is 34.6 Å². The molecule has 0 spiro atoms. The molecule has 154 valence electrons. The molecule has 0 unspecified atom stereocenters. The first-order valence-corrected chi connectivity index (χ1v) is 10.9. The standard InChI is InChI=1S/C25H20N2O3S/c1-25(2)13-21(28)19-12-18(9-10-22(19)30-25)23(29)27-24-26-20(14-31-24)17-8-7-15-5-3-4-6-16(15)11-17/h3-12,14H,13H2,1-2H3,(H,26,27,29). The van der Waals surface area contributed by atoms with Crippen LogP contribution in [0.25, 0.3) is 22.0 Å². The number of carbonyl (C=O) groups excluding carboxylic acids is 2. The molecule has 1 amide bonds. The van der Waals surface area contributed by atoms with Crippen LogP contribution >= 0.6 is 11.3 Å². The lowest BCUT2D eigenvalue weighted by atomic mass is 9.92. The van der Waals surface area contributed by atoms with Crippen LogP contribution in [0.1, 0.15) is 41.0 Å². The largest absolute Gasteiger partial charge is 0.487 e. The summed E-state index contributed by atoms with van der Waals surface area (Å²) in [6.07, 6.45) is 0.284. The molecule has 31 heavy (non-hydrogen) atoms. The van der Waals surface area contributed by atoms with E-state index in [1.807, 2.05) is 37.4 Å². The molecular weight excluding hydrogens is 408 g/mol. The molecular formula is C25H20N2O3S. The normalized spacial score (nSPS) is 14.7. The Bertz CT molecular complexity index is 1340. The van der Waals surface area contributed by atoms with Crippen LogP contribution in [0, 0.1) is 0 Å². The summed E-state index contributed by atoms with van der Waals surface area (Å²) in [6, 6.07) is 19.3. The number of benzene rings is 3. The topological polar surface area (TPSA) is 68.3 Å². The van der Waals surface area contributed by atoms with Gasteiger partial charge >= 0.3 is 0 Å². The quantitative estimate of drug-likeness (QED) is 0.437. The zero-order valence-corrected chi connectivity index (χ0v) is 18.0. The number of nitrogens with zero attached hydrogens (tertiary/aromatic N) is 1. The number of rotatable bonds is 3. The average molecular weight is 429 g/mol. The number of amides is 1. The molecule has 5 nitrogen and oxygen atoms in total. The summed E-state index contributed by atoms with van der Waals surface area (Å²) in [6.45, 7) is 3.76. The van der Waals surface area contributed by atoms with Crippen LogP contribution in [0.2, 0.25) is 0 Å². The maximum atomic E-state index is 12.8. The van der Waals surface area contributed by atoms with Crippen molar-refractivity contribution in [1.29, 1.82) is 0 Å². The maximum absolute atomic E-state index is 12.8. The highest BCUT2D eigenvalue weighted by Crippen LogP contribution is 2.34. The molecule has 6 heteroatoms. The predicted octanol–water partition coefficient (Wildman–Crippen LogP) is 5.96. The van der Waals surface area contributed by atoms with E-state index in [4.69, 9.17) is 4.74 Å². The van der Waals surface area contributed by atoms with Crippen molar-refractivity contribution in [2.24, 2.45) is 0 Å². The van der Waals surface area contributed by atoms with Gasteiger partial charge in [-0.25, -0.2) is 4.98 Å². The summed E-state index contributed by atoms with van der Waals surface area (Å²) in [5.74, 6) is 0.194. The number of ketones is 1.